The zero-order valence-corrected chi connectivity index (χ0v) is 11.8. The van der Waals surface area contributed by atoms with Crippen molar-refractivity contribution in [3.05, 3.63) is 36.0 Å². The summed E-state index contributed by atoms with van der Waals surface area (Å²) in [7, 11) is 1.61. The number of hydrogen-bond donors (Lipinski definition) is 0. The van der Waals surface area contributed by atoms with E-state index in [1.165, 1.54) is 0 Å². The summed E-state index contributed by atoms with van der Waals surface area (Å²) in [6.07, 6.45) is -0.374. The fourth-order valence-corrected chi connectivity index (χ4v) is 1.99. The van der Waals surface area contributed by atoms with E-state index in [0.717, 1.165) is 16.6 Å². The number of rotatable bonds is 2. The second-order valence-electron chi connectivity index (χ2n) is 5.44. The number of para-hydroxylation sites is 1. The Morgan fingerprint density at radius 1 is 1.26 bits per heavy atom. The molecule has 0 aliphatic carbocycles. The molecule has 0 bridgehead atoms. The summed E-state index contributed by atoms with van der Waals surface area (Å²) in [4.78, 5) is 12.3. The summed E-state index contributed by atoms with van der Waals surface area (Å²) in [5.74, 6) is 0. The Hall–Kier alpha value is -1.81. The van der Waals surface area contributed by atoms with Crippen molar-refractivity contribution < 1.29 is 14.3 Å². The van der Waals surface area contributed by atoms with E-state index in [1.807, 2.05) is 51.1 Å². The van der Waals surface area contributed by atoms with Gasteiger partial charge < -0.3 is 9.47 Å². The summed E-state index contributed by atoms with van der Waals surface area (Å²) >= 11 is 0. The van der Waals surface area contributed by atoms with Crippen molar-refractivity contribution in [2.45, 2.75) is 33.0 Å². The van der Waals surface area contributed by atoms with Crippen LogP contribution in [-0.2, 0) is 16.1 Å². The molecule has 1 heterocycles. The molecule has 0 fully saturated rings. The van der Waals surface area contributed by atoms with Crippen LogP contribution in [0.15, 0.2) is 30.3 Å². The molecule has 19 heavy (non-hydrogen) atoms. The monoisotopic (exact) mass is 261 g/mol. The maximum Gasteiger partial charge on any atom is 0.419 e. The lowest BCUT2D eigenvalue weighted by atomic mass is 10.2. The predicted molar refractivity (Wildman–Crippen MR) is 74.3 cm³/mol. The Kier molecular flexibility index (Phi) is 3.62. The van der Waals surface area contributed by atoms with Crippen molar-refractivity contribution in [1.82, 2.24) is 4.57 Å². The van der Waals surface area contributed by atoms with Gasteiger partial charge in [-0.1, -0.05) is 18.2 Å². The first kappa shape index (κ1) is 13.6. The zero-order valence-electron chi connectivity index (χ0n) is 11.8. The Morgan fingerprint density at radius 3 is 2.58 bits per heavy atom. The standard InChI is InChI=1S/C15H19NO3/c1-15(2,3)19-14(17)16-12(10-18-4)9-11-7-5-6-8-13(11)16/h5-9H,10H2,1-4H3. The highest BCUT2D eigenvalue weighted by Crippen LogP contribution is 2.22. The highest BCUT2D eigenvalue weighted by atomic mass is 16.6. The lowest BCUT2D eigenvalue weighted by Gasteiger charge is -2.20. The Morgan fingerprint density at radius 2 is 1.95 bits per heavy atom. The van der Waals surface area contributed by atoms with Gasteiger partial charge in [-0.15, -0.1) is 0 Å². The average molecular weight is 261 g/mol. The van der Waals surface area contributed by atoms with Gasteiger partial charge in [-0.05, 0) is 32.9 Å². The van der Waals surface area contributed by atoms with Gasteiger partial charge >= 0.3 is 6.09 Å². The van der Waals surface area contributed by atoms with Crippen LogP contribution in [0.2, 0.25) is 0 Å². The number of nitrogens with zero attached hydrogens (tertiary/aromatic N) is 1. The van der Waals surface area contributed by atoms with Gasteiger partial charge in [0.25, 0.3) is 0 Å². The Labute approximate surface area is 112 Å². The van der Waals surface area contributed by atoms with E-state index >= 15 is 0 Å². The smallest absolute Gasteiger partial charge is 0.419 e. The lowest BCUT2D eigenvalue weighted by molar-refractivity contribution is 0.0529. The summed E-state index contributed by atoms with van der Waals surface area (Å²) in [5, 5.41) is 1.00. The molecule has 0 N–H and O–H groups in total. The minimum absolute atomic E-state index is 0.369. The largest absolute Gasteiger partial charge is 0.443 e. The van der Waals surface area contributed by atoms with E-state index in [-0.39, 0.29) is 6.09 Å². The molecule has 4 nitrogen and oxygen atoms in total. The van der Waals surface area contributed by atoms with E-state index in [1.54, 1.807) is 11.7 Å². The minimum Gasteiger partial charge on any atom is -0.443 e. The zero-order chi connectivity index (χ0) is 14.0. The van der Waals surface area contributed by atoms with Crippen LogP contribution in [0.1, 0.15) is 26.5 Å². The molecule has 0 unspecified atom stereocenters. The van der Waals surface area contributed by atoms with Crippen LogP contribution < -0.4 is 0 Å². The van der Waals surface area contributed by atoms with Crippen molar-refractivity contribution in [2.24, 2.45) is 0 Å². The van der Waals surface area contributed by atoms with Crippen molar-refractivity contribution in [1.29, 1.82) is 0 Å². The van der Waals surface area contributed by atoms with Gasteiger partial charge in [0, 0.05) is 12.5 Å². The molecule has 0 saturated carbocycles. The fourth-order valence-electron chi connectivity index (χ4n) is 1.99. The molecule has 4 heteroatoms. The third-order valence-electron chi connectivity index (χ3n) is 2.66. The number of hydrogen-bond acceptors (Lipinski definition) is 3. The van der Waals surface area contributed by atoms with E-state index < -0.39 is 5.60 Å². The quantitative estimate of drug-likeness (QED) is 0.829. The number of carbonyl (C=O) groups excluding carboxylic acids is 1. The van der Waals surface area contributed by atoms with Gasteiger partial charge in [0.1, 0.15) is 5.60 Å². The third-order valence-corrected chi connectivity index (χ3v) is 2.66. The lowest BCUT2D eigenvalue weighted by Crippen LogP contribution is -2.28. The van der Waals surface area contributed by atoms with E-state index in [9.17, 15) is 4.79 Å². The number of aromatic nitrogens is 1. The molecule has 0 aliphatic heterocycles. The van der Waals surface area contributed by atoms with Crippen LogP contribution in [0.4, 0.5) is 4.79 Å². The highest BCUT2D eigenvalue weighted by molar-refractivity contribution is 5.90. The second-order valence-corrected chi connectivity index (χ2v) is 5.44. The summed E-state index contributed by atoms with van der Waals surface area (Å²) in [5.41, 5.74) is 1.11. The SMILES string of the molecule is COCc1cc2ccccc2n1C(=O)OC(C)(C)C. The molecule has 1 aromatic heterocycles. The second kappa shape index (κ2) is 5.05. The van der Waals surface area contributed by atoms with Crippen LogP contribution in [0.5, 0.6) is 0 Å². The maximum absolute atomic E-state index is 12.3. The number of carbonyl (C=O) groups is 1. The number of fused-ring (bicyclic) bond motifs is 1. The highest BCUT2D eigenvalue weighted by Gasteiger charge is 2.21. The fraction of sp³-hybridized carbons (Fsp3) is 0.400. The minimum atomic E-state index is -0.521. The van der Waals surface area contributed by atoms with Gasteiger partial charge in [0.15, 0.2) is 0 Å². The molecule has 0 radical (unpaired) electrons. The van der Waals surface area contributed by atoms with Gasteiger partial charge in [-0.3, -0.25) is 0 Å². The topological polar surface area (TPSA) is 40.5 Å². The molecule has 0 spiro atoms. The van der Waals surface area contributed by atoms with E-state index in [2.05, 4.69) is 0 Å². The molecule has 2 aromatic rings. The molecule has 0 aliphatic rings. The van der Waals surface area contributed by atoms with Crippen LogP contribution in [0.3, 0.4) is 0 Å². The van der Waals surface area contributed by atoms with Gasteiger partial charge in [-0.2, -0.15) is 0 Å². The normalized spacial score (nSPS) is 11.8. The van der Waals surface area contributed by atoms with E-state index in [0.29, 0.717) is 6.61 Å². The molecule has 0 amide bonds. The van der Waals surface area contributed by atoms with Crippen molar-refractivity contribution in [2.75, 3.05) is 7.11 Å². The molecule has 0 atom stereocenters. The Bertz CT molecular complexity index is 593. The number of benzene rings is 1. The number of ether oxygens (including phenoxy) is 2. The van der Waals surface area contributed by atoms with Crippen LogP contribution in [0, 0.1) is 0 Å². The maximum atomic E-state index is 12.3. The van der Waals surface area contributed by atoms with Crippen molar-refractivity contribution in [3.8, 4) is 0 Å². The first-order valence-electron chi connectivity index (χ1n) is 6.24. The van der Waals surface area contributed by atoms with Gasteiger partial charge in [0.05, 0.1) is 17.8 Å². The summed E-state index contributed by atoms with van der Waals surface area (Å²) in [6.45, 7) is 5.93. The summed E-state index contributed by atoms with van der Waals surface area (Å²) < 4.78 is 12.2. The molecule has 0 saturated heterocycles. The predicted octanol–water partition coefficient (Wildman–Crippen LogP) is 3.57. The van der Waals surface area contributed by atoms with Crippen molar-refractivity contribution in [3.63, 3.8) is 0 Å². The molecular weight excluding hydrogens is 242 g/mol. The molecule has 102 valence electrons. The van der Waals surface area contributed by atoms with Crippen LogP contribution >= 0.6 is 0 Å². The van der Waals surface area contributed by atoms with Crippen LogP contribution in [-0.4, -0.2) is 23.4 Å². The van der Waals surface area contributed by atoms with Gasteiger partial charge in [-0.25, -0.2) is 9.36 Å². The van der Waals surface area contributed by atoms with Crippen molar-refractivity contribution >= 4 is 17.0 Å². The third kappa shape index (κ3) is 2.96. The van der Waals surface area contributed by atoms with Crippen LogP contribution in [0.25, 0.3) is 10.9 Å². The summed E-state index contributed by atoms with van der Waals surface area (Å²) in [6, 6.07) is 9.66. The average Bonchev–Trinajstić information content (AvgIpc) is 2.65. The molecular formula is C15H19NO3. The Balaban J connectivity index is 2.50. The van der Waals surface area contributed by atoms with Gasteiger partial charge in [0.2, 0.25) is 0 Å². The van der Waals surface area contributed by atoms with E-state index in [4.69, 9.17) is 9.47 Å². The molecule has 2 rings (SSSR count). The number of methoxy groups -OCH3 is 1. The first-order chi connectivity index (χ1) is 8.92. The first-order valence-corrected chi connectivity index (χ1v) is 6.24. The molecule has 1 aromatic carbocycles.